The van der Waals surface area contributed by atoms with E-state index in [0.29, 0.717) is 18.7 Å². The smallest absolute Gasteiger partial charge is 0.257 e. The van der Waals surface area contributed by atoms with Crippen molar-refractivity contribution in [2.75, 3.05) is 19.8 Å². The zero-order valence-electron chi connectivity index (χ0n) is 14.6. The van der Waals surface area contributed by atoms with Crippen LogP contribution in [0.4, 0.5) is 0 Å². The van der Waals surface area contributed by atoms with Crippen molar-refractivity contribution in [2.45, 2.75) is 18.8 Å². The second kappa shape index (κ2) is 9.36. The maximum absolute atomic E-state index is 12.0. The van der Waals surface area contributed by atoms with Crippen LogP contribution in [0.15, 0.2) is 60.0 Å². The molecule has 0 radical (unpaired) electrons. The summed E-state index contributed by atoms with van der Waals surface area (Å²) in [5, 5.41) is 16.4. The van der Waals surface area contributed by atoms with E-state index in [0.717, 1.165) is 17.2 Å². The van der Waals surface area contributed by atoms with Crippen LogP contribution in [0, 0.1) is 0 Å². The van der Waals surface area contributed by atoms with E-state index >= 15 is 0 Å². The molecule has 0 saturated heterocycles. The fourth-order valence-corrected chi connectivity index (χ4v) is 3.85. The lowest BCUT2D eigenvalue weighted by molar-refractivity contribution is -0.123. The van der Waals surface area contributed by atoms with Crippen molar-refractivity contribution >= 4 is 28.0 Å². The molecule has 2 aromatic carbocycles. The number of thiophene rings is 1. The van der Waals surface area contributed by atoms with Gasteiger partial charge in [-0.1, -0.05) is 36.4 Å². The summed E-state index contributed by atoms with van der Waals surface area (Å²) in [5.41, 5.74) is 0. The normalized spacial score (nSPS) is 12.0. The number of hydrogen-bond acceptors (Lipinski definition) is 4. The summed E-state index contributed by atoms with van der Waals surface area (Å²) in [6.45, 7) is 0.728. The van der Waals surface area contributed by atoms with Crippen LogP contribution in [0.3, 0.4) is 0 Å². The minimum atomic E-state index is -0.132. The van der Waals surface area contributed by atoms with Crippen LogP contribution in [0.1, 0.15) is 23.6 Å². The predicted octanol–water partition coefficient (Wildman–Crippen LogP) is 3.95. The minimum absolute atomic E-state index is 0.00199. The highest BCUT2D eigenvalue weighted by Gasteiger charge is 2.12. The molecule has 1 unspecified atom stereocenters. The van der Waals surface area contributed by atoms with Crippen LogP contribution in [0.2, 0.25) is 0 Å². The third-order valence-electron chi connectivity index (χ3n) is 4.33. The molecule has 1 heterocycles. The van der Waals surface area contributed by atoms with Crippen molar-refractivity contribution in [2.24, 2.45) is 0 Å². The SMILES string of the molecule is O=C(COc1ccc2ccccc2c1)NCCC(CCO)c1cccs1. The number of fused-ring (bicyclic) bond motifs is 1. The van der Waals surface area contributed by atoms with Gasteiger partial charge < -0.3 is 15.2 Å². The maximum Gasteiger partial charge on any atom is 0.257 e. The Balaban J connectivity index is 1.44. The standard InChI is InChI=1S/C21H23NO3S/c23-12-10-17(20-6-3-13-26-20)9-11-22-21(24)15-25-19-8-7-16-4-1-2-5-18(16)14-19/h1-8,13-14,17,23H,9-12,15H2,(H,22,24). The highest BCUT2D eigenvalue weighted by atomic mass is 32.1. The Morgan fingerprint density at radius 1 is 1.08 bits per heavy atom. The van der Waals surface area contributed by atoms with Crippen molar-refractivity contribution in [3.8, 4) is 5.75 Å². The molecule has 0 saturated carbocycles. The maximum atomic E-state index is 12.0. The van der Waals surface area contributed by atoms with Gasteiger partial charge in [0, 0.05) is 18.0 Å². The Bertz CT molecular complexity index is 832. The van der Waals surface area contributed by atoms with E-state index < -0.39 is 0 Å². The van der Waals surface area contributed by atoms with Crippen LogP contribution in [0.25, 0.3) is 10.8 Å². The third kappa shape index (κ3) is 5.07. The summed E-state index contributed by atoms with van der Waals surface area (Å²) < 4.78 is 5.60. The van der Waals surface area contributed by atoms with E-state index in [9.17, 15) is 9.90 Å². The summed E-state index contributed by atoms with van der Waals surface area (Å²) in [7, 11) is 0. The molecule has 0 bridgehead atoms. The molecule has 1 atom stereocenters. The molecule has 26 heavy (non-hydrogen) atoms. The summed E-state index contributed by atoms with van der Waals surface area (Å²) in [6.07, 6.45) is 1.52. The third-order valence-corrected chi connectivity index (χ3v) is 5.36. The Hall–Kier alpha value is -2.37. The molecular weight excluding hydrogens is 346 g/mol. The molecule has 0 aliphatic rings. The summed E-state index contributed by atoms with van der Waals surface area (Å²) in [6, 6.07) is 17.9. The van der Waals surface area contributed by atoms with Crippen LogP contribution in [0.5, 0.6) is 5.75 Å². The molecule has 4 nitrogen and oxygen atoms in total. The number of ether oxygens (including phenoxy) is 1. The first-order chi connectivity index (χ1) is 12.8. The second-order valence-electron chi connectivity index (χ2n) is 6.16. The molecule has 136 valence electrons. The summed E-state index contributed by atoms with van der Waals surface area (Å²) in [5.74, 6) is 0.837. The van der Waals surface area contributed by atoms with Gasteiger partial charge in [0.2, 0.25) is 0 Å². The Labute approximate surface area is 157 Å². The number of carbonyl (C=O) groups excluding carboxylic acids is 1. The Morgan fingerprint density at radius 3 is 2.69 bits per heavy atom. The van der Waals surface area contributed by atoms with Gasteiger partial charge >= 0.3 is 0 Å². The second-order valence-corrected chi connectivity index (χ2v) is 7.14. The van der Waals surface area contributed by atoms with E-state index in [1.807, 2.05) is 53.9 Å². The van der Waals surface area contributed by atoms with Gasteiger partial charge in [-0.15, -0.1) is 11.3 Å². The van der Waals surface area contributed by atoms with Crippen LogP contribution in [-0.2, 0) is 4.79 Å². The van der Waals surface area contributed by atoms with Gasteiger partial charge in [0.25, 0.3) is 5.91 Å². The van der Waals surface area contributed by atoms with Crippen molar-refractivity contribution < 1.29 is 14.6 Å². The first-order valence-electron chi connectivity index (χ1n) is 8.79. The van der Waals surface area contributed by atoms with Crippen molar-refractivity contribution in [1.82, 2.24) is 5.32 Å². The van der Waals surface area contributed by atoms with Crippen LogP contribution in [-0.4, -0.2) is 30.8 Å². The molecule has 0 aliphatic carbocycles. The average Bonchev–Trinajstić information content (AvgIpc) is 3.20. The molecule has 1 aromatic heterocycles. The number of nitrogens with one attached hydrogen (secondary N) is 1. The molecule has 5 heteroatoms. The molecule has 2 N–H and O–H groups in total. The fraction of sp³-hybridized carbons (Fsp3) is 0.286. The van der Waals surface area contributed by atoms with E-state index in [1.54, 1.807) is 11.3 Å². The zero-order chi connectivity index (χ0) is 18.2. The Morgan fingerprint density at radius 2 is 1.92 bits per heavy atom. The number of rotatable bonds is 9. The van der Waals surface area contributed by atoms with Gasteiger partial charge in [-0.05, 0) is 53.1 Å². The lowest BCUT2D eigenvalue weighted by Gasteiger charge is -2.14. The van der Waals surface area contributed by atoms with Gasteiger partial charge in [-0.3, -0.25) is 4.79 Å². The first-order valence-corrected chi connectivity index (χ1v) is 9.67. The average molecular weight is 369 g/mol. The highest BCUT2D eigenvalue weighted by Crippen LogP contribution is 2.26. The number of carbonyl (C=O) groups is 1. The van der Waals surface area contributed by atoms with Crippen LogP contribution >= 0.6 is 11.3 Å². The van der Waals surface area contributed by atoms with Crippen molar-refractivity contribution in [1.29, 1.82) is 0 Å². The lowest BCUT2D eigenvalue weighted by Crippen LogP contribution is -2.30. The van der Waals surface area contributed by atoms with Gasteiger partial charge in [0.05, 0.1) is 0 Å². The van der Waals surface area contributed by atoms with E-state index in [4.69, 9.17) is 4.74 Å². The highest BCUT2D eigenvalue weighted by molar-refractivity contribution is 7.10. The minimum Gasteiger partial charge on any atom is -0.484 e. The quantitative estimate of drug-likeness (QED) is 0.600. The van der Waals surface area contributed by atoms with Gasteiger partial charge in [-0.2, -0.15) is 0 Å². The number of aliphatic hydroxyl groups is 1. The number of hydrogen-bond donors (Lipinski definition) is 2. The molecule has 3 rings (SSSR count). The molecular formula is C21H23NO3S. The molecule has 3 aromatic rings. The molecule has 0 spiro atoms. The van der Waals surface area contributed by atoms with E-state index in [-0.39, 0.29) is 25.0 Å². The fourth-order valence-electron chi connectivity index (χ4n) is 2.95. The molecule has 0 fully saturated rings. The van der Waals surface area contributed by atoms with Crippen molar-refractivity contribution in [3.63, 3.8) is 0 Å². The van der Waals surface area contributed by atoms with Gasteiger partial charge in [0.1, 0.15) is 5.75 Å². The number of aliphatic hydroxyl groups excluding tert-OH is 1. The molecule has 0 aliphatic heterocycles. The van der Waals surface area contributed by atoms with E-state index in [2.05, 4.69) is 11.4 Å². The number of benzene rings is 2. The number of amides is 1. The monoisotopic (exact) mass is 369 g/mol. The zero-order valence-corrected chi connectivity index (χ0v) is 15.4. The first kappa shape index (κ1) is 18.4. The van der Waals surface area contributed by atoms with Gasteiger partial charge in [-0.25, -0.2) is 0 Å². The van der Waals surface area contributed by atoms with E-state index in [1.165, 1.54) is 4.88 Å². The molecule has 1 amide bonds. The Kier molecular flexibility index (Phi) is 6.63. The predicted molar refractivity (Wildman–Crippen MR) is 106 cm³/mol. The van der Waals surface area contributed by atoms with Crippen LogP contribution < -0.4 is 10.1 Å². The largest absolute Gasteiger partial charge is 0.484 e. The topological polar surface area (TPSA) is 58.6 Å². The summed E-state index contributed by atoms with van der Waals surface area (Å²) >= 11 is 1.69. The lowest BCUT2D eigenvalue weighted by atomic mass is 10.00. The summed E-state index contributed by atoms with van der Waals surface area (Å²) in [4.78, 5) is 13.3. The van der Waals surface area contributed by atoms with Crippen molar-refractivity contribution in [3.05, 3.63) is 64.9 Å². The van der Waals surface area contributed by atoms with Gasteiger partial charge in [0.15, 0.2) is 6.61 Å².